The van der Waals surface area contributed by atoms with Gasteiger partial charge < -0.3 is 34.6 Å². The molecule has 0 aromatic rings. The van der Waals surface area contributed by atoms with Crippen LogP contribution in [0.15, 0.2) is 33.4 Å². The van der Waals surface area contributed by atoms with Gasteiger partial charge in [0.15, 0.2) is 5.60 Å². The van der Waals surface area contributed by atoms with Gasteiger partial charge in [-0.15, -0.1) is 0 Å². The Labute approximate surface area is 242 Å². The third kappa shape index (κ3) is 2.36. The van der Waals surface area contributed by atoms with E-state index in [0.717, 1.165) is 6.42 Å². The van der Waals surface area contributed by atoms with Gasteiger partial charge in [0.25, 0.3) is 5.79 Å². The number of carbonyl (C=O) groups is 3. The normalized spacial score (nSPS) is 55.2. The molecule has 0 saturated heterocycles. The monoisotopic (exact) mass is 580 g/mol. The van der Waals surface area contributed by atoms with Crippen LogP contribution < -0.4 is 0 Å². The summed E-state index contributed by atoms with van der Waals surface area (Å²) in [4.78, 5) is 38.6. The molecule has 224 valence electrons. The smallest absolute Gasteiger partial charge is 0.337 e. The predicted molar refractivity (Wildman–Crippen MR) is 140 cm³/mol. The van der Waals surface area contributed by atoms with Crippen LogP contribution in [0, 0.1) is 52.3 Å². The number of esters is 3. The van der Waals surface area contributed by atoms with Crippen molar-refractivity contribution in [3.8, 4) is 0 Å². The Morgan fingerprint density at radius 1 is 1.02 bits per heavy atom. The summed E-state index contributed by atoms with van der Waals surface area (Å²) in [6.07, 6.45) is 0.785. The molecule has 7 aliphatic carbocycles. The molecular weight excluding hydrogens is 544 g/mol. The number of hydrogen-bond acceptors (Lipinski definition) is 10. The van der Waals surface area contributed by atoms with Crippen molar-refractivity contribution in [3.05, 3.63) is 33.4 Å². The van der Waals surface area contributed by atoms with E-state index in [1.165, 1.54) is 13.8 Å². The van der Waals surface area contributed by atoms with Crippen LogP contribution in [0.5, 0.6) is 0 Å². The first-order chi connectivity index (χ1) is 19.7. The van der Waals surface area contributed by atoms with Crippen molar-refractivity contribution >= 4 is 17.9 Å². The van der Waals surface area contributed by atoms with Gasteiger partial charge in [0, 0.05) is 35.0 Å². The predicted octanol–water partition coefficient (Wildman–Crippen LogP) is 1.07. The highest BCUT2D eigenvalue weighted by molar-refractivity contribution is 5.98. The number of rotatable bonds is 3. The van der Waals surface area contributed by atoms with Crippen molar-refractivity contribution in [2.45, 2.75) is 76.5 Å². The van der Waals surface area contributed by atoms with E-state index in [0.29, 0.717) is 41.9 Å². The van der Waals surface area contributed by atoms with E-state index in [9.17, 15) is 34.8 Å². The number of ether oxygens (including phenoxy) is 3. The minimum atomic E-state index is -2.36. The maximum Gasteiger partial charge on any atom is 0.337 e. The zero-order valence-electron chi connectivity index (χ0n) is 24.1. The number of carbonyl (C=O) groups excluding carboxylic acids is 3. The average Bonchev–Trinajstić information content (AvgIpc) is 3.82. The fraction of sp³-hybridized carbons (Fsp3) is 0.719. The molecule has 0 radical (unpaired) electrons. The molecule has 0 amide bonds. The van der Waals surface area contributed by atoms with Crippen LogP contribution in [0.25, 0.3) is 0 Å². The van der Waals surface area contributed by atoms with Crippen molar-refractivity contribution in [2.24, 2.45) is 52.3 Å². The Hall–Kier alpha value is -2.53. The molecule has 1 spiro atoms. The summed E-state index contributed by atoms with van der Waals surface area (Å²) in [6.45, 7) is 6.70. The summed E-state index contributed by atoms with van der Waals surface area (Å²) < 4.78 is 17.7. The van der Waals surface area contributed by atoms with Crippen molar-refractivity contribution in [2.75, 3.05) is 13.2 Å². The number of aliphatic hydroxyl groups excluding tert-OH is 2. The van der Waals surface area contributed by atoms with E-state index in [-0.39, 0.29) is 58.9 Å². The van der Waals surface area contributed by atoms with Gasteiger partial charge in [-0.25, -0.2) is 9.59 Å². The molecule has 0 unspecified atom stereocenters. The van der Waals surface area contributed by atoms with Gasteiger partial charge in [-0.3, -0.25) is 4.79 Å². The molecule has 0 bridgehead atoms. The fourth-order valence-electron chi connectivity index (χ4n) is 12.2. The second kappa shape index (κ2) is 7.06. The third-order valence-electron chi connectivity index (χ3n) is 13.9. The number of aliphatic hydroxyl groups is 4. The summed E-state index contributed by atoms with van der Waals surface area (Å²) in [7, 11) is 0. The minimum absolute atomic E-state index is 0.00270. The SMILES string of the molecule is CC(=O)OC[C@@H]1[C@H]2C[C@H]2[C@]2(C)[C@@H]3C[C@@]4(O)C5=C(C6=C(C)C(=O)O[C@]6(O)[C@H](O)[C@@]5(C)[C@@H]5C[C@@H]54)[C@@]34OC(=O)C(CO)=C4C[C@@H]12. The van der Waals surface area contributed by atoms with Crippen molar-refractivity contribution in [1.82, 2.24) is 0 Å². The lowest BCUT2D eigenvalue weighted by molar-refractivity contribution is -0.243. The largest absolute Gasteiger partial charge is 0.466 e. The quantitative estimate of drug-likeness (QED) is 0.281. The standard InChI is InChI=1S/C32H36O10/c1-11-22-23-24-29(4,27(37)32(22,39)42-25(11)35)19-7-20(19)30(24,38)8-21-28(3)16-5-13(16)15(10-40-12(2)34)17(28)6-18-14(9-33)26(36)41-31(18,21)23/h13,15-17,19-21,27,33,37-39H,5-10H2,1-4H3/t13-,15-,16-,17+,19-,20+,21+,27-,28+,29+,30+,31+,32+/m1/s1. The molecule has 10 nitrogen and oxygen atoms in total. The first-order valence-corrected chi connectivity index (χ1v) is 15.3. The first-order valence-electron chi connectivity index (χ1n) is 15.3. The Bertz CT molecular complexity index is 1560. The lowest BCUT2D eigenvalue weighted by atomic mass is 9.43. The Morgan fingerprint density at radius 3 is 2.45 bits per heavy atom. The average molecular weight is 581 g/mol. The lowest BCUT2D eigenvalue weighted by Crippen LogP contribution is -2.68. The van der Waals surface area contributed by atoms with Gasteiger partial charge in [-0.1, -0.05) is 13.8 Å². The molecule has 9 aliphatic rings. The molecule has 42 heavy (non-hydrogen) atoms. The first kappa shape index (κ1) is 25.9. The highest BCUT2D eigenvalue weighted by Crippen LogP contribution is 2.84. The molecule has 13 atom stereocenters. The zero-order valence-corrected chi connectivity index (χ0v) is 24.1. The van der Waals surface area contributed by atoms with Crippen LogP contribution in [-0.4, -0.2) is 74.6 Å². The fourth-order valence-corrected chi connectivity index (χ4v) is 12.2. The van der Waals surface area contributed by atoms with Crippen molar-refractivity contribution in [3.63, 3.8) is 0 Å². The second-order valence-electron chi connectivity index (χ2n) is 15.0. The number of hydrogen-bond donors (Lipinski definition) is 4. The Morgan fingerprint density at radius 2 is 1.76 bits per heavy atom. The van der Waals surface area contributed by atoms with E-state index in [4.69, 9.17) is 14.2 Å². The lowest BCUT2D eigenvalue weighted by Gasteiger charge is -2.64. The summed E-state index contributed by atoms with van der Waals surface area (Å²) in [6, 6.07) is 0. The molecular formula is C32H36O10. The zero-order chi connectivity index (χ0) is 29.7. The van der Waals surface area contributed by atoms with Crippen LogP contribution in [0.1, 0.15) is 53.4 Å². The molecule has 10 heteroatoms. The molecule has 5 saturated carbocycles. The van der Waals surface area contributed by atoms with Gasteiger partial charge in [0.1, 0.15) is 6.10 Å². The topological polar surface area (TPSA) is 160 Å². The highest BCUT2D eigenvalue weighted by atomic mass is 16.7. The van der Waals surface area contributed by atoms with E-state index >= 15 is 0 Å². The summed E-state index contributed by atoms with van der Waals surface area (Å²) in [5.41, 5.74) is -2.41. The van der Waals surface area contributed by atoms with Gasteiger partial charge in [0.2, 0.25) is 0 Å². The van der Waals surface area contributed by atoms with Crippen LogP contribution in [-0.2, 0) is 28.6 Å². The van der Waals surface area contributed by atoms with E-state index < -0.39 is 58.4 Å². The second-order valence-corrected chi connectivity index (χ2v) is 15.0. The summed E-state index contributed by atoms with van der Waals surface area (Å²) in [5, 5.41) is 47.3. The maximum atomic E-state index is 13.7. The molecule has 0 aromatic carbocycles. The van der Waals surface area contributed by atoms with E-state index in [1.807, 2.05) is 6.92 Å². The molecule has 2 heterocycles. The molecule has 4 N–H and O–H groups in total. The van der Waals surface area contributed by atoms with Crippen molar-refractivity contribution in [1.29, 1.82) is 0 Å². The van der Waals surface area contributed by atoms with E-state index in [1.54, 1.807) is 0 Å². The van der Waals surface area contributed by atoms with Crippen LogP contribution in [0.3, 0.4) is 0 Å². The van der Waals surface area contributed by atoms with Gasteiger partial charge >= 0.3 is 17.9 Å². The van der Waals surface area contributed by atoms with Gasteiger partial charge in [-0.05, 0) is 84.7 Å². The molecule has 2 aliphatic heterocycles. The number of fused-ring (bicyclic) bond motifs is 9. The van der Waals surface area contributed by atoms with E-state index in [2.05, 4.69) is 6.92 Å². The maximum absolute atomic E-state index is 13.7. The molecule has 0 aromatic heterocycles. The summed E-state index contributed by atoms with van der Waals surface area (Å²) >= 11 is 0. The van der Waals surface area contributed by atoms with Crippen LogP contribution >= 0.6 is 0 Å². The minimum Gasteiger partial charge on any atom is -0.466 e. The van der Waals surface area contributed by atoms with Crippen LogP contribution in [0.2, 0.25) is 0 Å². The van der Waals surface area contributed by atoms with Crippen LogP contribution in [0.4, 0.5) is 0 Å². The summed E-state index contributed by atoms with van der Waals surface area (Å²) in [5.74, 6) is -4.24. The van der Waals surface area contributed by atoms with Gasteiger partial charge in [0.05, 0.1) is 24.4 Å². The molecule has 9 rings (SSSR count). The highest BCUT2D eigenvalue weighted by Gasteiger charge is 2.86. The van der Waals surface area contributed by atoms with Gasteiger partial charge in [-0.2, -0.15) is 0 Å². The third-order valence-corrected chi connectivity index (χ3v) is 13.9. The molecule has 5 fully saturated rings. The van der Waals surface area contributed by atoms with Crippen molar-refractivity contribution < 1.29 is 49.0 Å². The Balaban J connectivity index is 1.36. The Kier molecular flexibility index (Phi) is 4.36.